The standard InChI is InChI=1S/C24H23F2N5O2/c1-30-22(16-9-20(26)23(33-2)29-12-16)18(14-5-6-15(11-27)19(25)8-14)10-21(24(30)32)31-7-3-4-17(28)13-31/h5-6,8-10,12,17H,3-4,7,13,28H2,1-2H3/t17-/m1/s1. The number of halogens is 2. The monoisotopic (exact) mass is 451 g/mol. The minimum atomic E-state index is -0.689. The molecule has 1 saturated heterocycles. The van der Waals surface area contributed by atoms with Crippen molar-refractivity contribution in [3.05, 3.63) is 64.1 Å². The first-order chi connectivity index (χ1) is 15.8. The van der Waals surface area contributed by atoms with Gasteiger partial charge < -0.3 is 19.9 Å². The zero-order valence-electron chi connectivity index (χ0n) is 18.3. The van der Waals surface area contributed by atoms with Crippen molar-refractivity contribution in [2.24, 2.45) is 12.8 Å². The summed E-state index contributed by atoms with van der Waals surface area (Å²) in [4.78, 5) is 19.3. The van der Waals surface area contributed by atoms with Crippen molar-refractivity contribution < 1.29 is 13.5 Å². The van der Waals surface area contributed by atoms with Gasteiger partial charge in [0.05, 0.1) is 18.4 Å². The van der Waals surface area contributed by atoms with Gasteiger partial charge in [-0.3, -0.25) is 4.79 Å². The number of piperidine rings is 1. The molecule has 3 aromatic rings. The highest BCUT2D eigenvalue weighted by Crippen LogP contribution is 2.35. The lowest BCUT2D eigenvalue weighted by molar-refractivity contribution is 0.369. The fourth-order valence-electron chi connectivity index (χ4n) is 4.22. The number of nitrogens with zero attached hydrogens (tertiary/aromatic N) is 4. The third-order valence-electron chi connectivity index (χ3n) is 5.87. The molecule has 0 bridgehead atoms. The smallest absolute Gasteiger partial charge is 0.274 e. The zero-order valence-corrected chi connectivity index (χ0v) is 18.3. The third kappa shape index (κ3) is 4.17. The van der Waals surface area contributed by atoms with Gasteiger partial charge in [-0.2, -0.15) is 5.26 Å². The first-order valence-corrected chi connectivity index (χ1v) is 10.5. The molecule has 0 saturated carbocycles. The number of pyridine rings is 2. The van der Waals surface area contributed by atoms with Gasteiger partial charge in [0.1, 0.15) is 17.6 Å². The molecule has 9 heteroatoms. The quantitative estimate of drug-likeness (QED) is 0.654. The van der Waals surface area contributed by atoms with Crippen molar-refractivity contribution in [1.82, 2.24) is 9.55 Å². The fraction of sp³-hybridized carbons (Fsp3) is 0.292. The van der Waals surface area contributed by atoms with E-state index in [4.69, 9.17) is 15.7 Å². The Bertz CT molecular complexity index is 1320. The van der Waals surface area contributed by atoms with Crippen molar-refractivity contribution in [2.45, 2.75) is 18.9 Å². The van der Waals surface area contributed by atoms with Gasteiger partial charge in [0.15, 0.2) is 5.82 Å². The summed E-state index contributed by atoms with van der Waals surface area (Å²) in [5.74, 6) is -1.55. The molecule has 4 rings (SSSR count). The molecular formula is C24H23F2N5O2. The number of benzene rings is 1. The highest BCUT2D eigenvalue weighted by molar-refractivity contribution is 5.83. The SMILES string of the molecule is COc1ncc(-c2c(-c3ccc(C#N)c(F)c3)cc(N3CCC[C@@H](N)C3)c(=O)n2C)cc1F. The largest absolute Gasteiger partial charge is 0.479 e. The highest BCUT2D eigenvalue weighted by atomic mass is 19.1. The van der Waals surface area contributed by atoms with Crippen LogP contribution in [-0.2, 0) is 7.05 Å². The molecule has 2 N–H and O–H groups in total. The van der Waals surface area contributed by atoms with Crippen LogP contribution in [0.1, 0.15) is 18.4 Å². The minimum Gasteiger partial charge on any atom is -0.479 e. The van der Waals surface area contributed by atoms with Gasteiger partial charge in [-0.05, 0) is 42.7 Å². The summed E-state index contributed by atoms with van der Waals surface area (Å²) in [6, 6.07) is 8.86. The maximum absolute atomic E-state index is 14.5. The molecule has 1 aliphatic heterocycles. The highest BCUT2D eigenvalue weighted by Gasteiger charge is 2.24. The molecular weight excluding hydrogens is 428 g/mol. The molecule has 0 aliphatic carbocycles. The second-order valence-electron chi connectivity index (χ2n) is 8.03. The van der Waals surface area contributed by atoms with E-state index in [-0.39, 0.29) is 23.0 Å². The lowest BCUT2D eigenvalue weighted by atomic mass is 9.97. The maximum atomic E-state index is 14.5. The van der Waals surface area contributed by atoms with Gasteiger partial charge in [-0.15, -0.1) is 0 Å². The Morgan fingerprint density at radius 2 is 1.97 bits per heavy atom. The van der Waals surface area contributed by atoms with E-state index in [1.54, 1.807) is 25.2 Å². The second-order valence-corrected chi connectivity index (χ2v) is 8.03. The summed E-state index contributed by atoms with van der Waals surface area (Å²) in [6.07, 6.45) is 3.12. The Morgan fingerprint density at radius 3 is 2.61 bits per heavy atom. The molecule has 1 atom stereocenters. The molecule has 3 heterocycles. The van der Waals surface area contributed by atoms with E-state index in [0.717, 1.165) is 12.8 Å². The number of rotatable bonds is 4. The molecule has 170 valence electrons. The van der Waals surface area contributed by atoms with Gasteiger partial charge >= 0.3 is 0 Å². The van der Waals surface area contributed by atoms with Gasteiger partial charge in [-0.25, -0.2) is 13.8 Å². The number of hydrogen-bond donors (Lipinski definition) is 1. The predicted octanol–water partition coefficient (Wildman–Crippen LogP) is 3.20. The van der Waals surface area contributed by atoms with Crippen molar-refractivity contribution in [3.63, 3.8) is 0 Å². The van der Waals surface area contributed by atoms with E-state index >= 15 is 0 Å². The zero-order chi connectivity index (χ0) is 23.7. The summed E-state index contributed by atoms with van der Waals surface area (Å²) < 4.78 is 35.3. The molecule has 0 amide bonds. The summed E-state index contributed by atoms with van der Waals surface area (Å²) >= 11 is 0. The topological polar surface area (TPSA) is 97.2 Å². The first-order valence-electron chi connectivity index (χ1n) is 10.5. The fourth-order valence-corrected chi connectivity index (χ4v) is 4.22. The molecule has 1 aromatic carbocycles. The van der Waals surface area contributed by atoms with E-state index in [2.05, 4.69) is 4.98 Å². The Morgan fingerprint density at radius 1 is 1.21 bits per heavy atom. The van der Waals surface area contributed by atoms with Crippen LogP contribution in [0, 0.1) is 23.0 Å². The van der Waals surface area contributed by atoms with E-state index in [0.29, 0.717) is 41.2 Å². The summed E-state index contributed by atoms with van der Waals surface area (Å²) in [5, 5.41) is 9.10. The van der Waals surface area contributed by atoms with E-state index in [9.17, 15) is 13.6 Å². The number of nitrogens with two attached hydrogens (primary N) is 1. The Kier molecular flexibility index (Phi) is 6.11. The van der Waals surface area contributed by atoms with Gasteiger partial charge in [0, 0.05) is 43.5 Å². The number of methoxy groups -OCH3 is 1. The third-order valence-corrected chi connectivity index (χ3v) is 5.87. The van der Waals surface area contributed by atoms with Crippen LogP contribution in [0.25, 0.3) is 22.4 Å². The van der Waals surface area contributed by atoms with E-state index < -0.39 is 11.6 Å². The Balaban J connectivity index is 1.98. The van der Waals surface area contributed by atoms with Crippen molar-refractivity contribution >= 4 is 5.69 Å². The van der Waals surface area contributed by atoms with Gasteiger partial charge in [0.2, 0.25) is 5.88 Å². The average molecular weight is 451 g/mol. The second kappa shape index (κ2) is 9.00. The Labute approximate surface area is 189 Å². The van der Waals surface area contributed by atoms with E-state index in [1.165, 1.54) is 36.1 Å². The van der Waals surface area contributed by atoms with Gasteiger partial charge in [0.25, 0.3) is 5.56 Å². The number of ether oxygens (including phenoxy) is 1. The molecule has 1 fully saturated rings. The Hall–Kier alpha value is -3.77. The van der Waals surface area contributed by atoms with Gasteiger partial charge in [-0.1, -0.05) is 6.07 Å². The van der Waals surface area contributed by atoms with Crippen LogP contribution in [-0.4, -0.2) is 35.8 Å². The number of aromatic nitrogens is 2. The normalized spacial score (nSPS) is 15.9. The van der Waals surface area contributed by atoms with Crippen molar-refractivity contribution in [2.75, 3.05) is 25.1 Å². The van der Waals surface area contributed by atoms with Crippen molar-refractivity contribution in [1.29, 1.82) is 5.26 Å². The molecule has 0 unspecified atom stereocenters. The van der Waals surface area contributed by atoms with Crippen LogP contribution in [0.4, 0.5) is 14.5 Å². The molecule has 0 radical (unpaired) electrons. The van der Waals surface area contributed by atoms with Crippen LogP contribution >= 0.6 is 0 Å². The summed E-state index contributed by atoms with van der Waals surface area (Å²) in [7, 11) is 2.89. The van der Waals surface area contributed by atoms with E-state index in [1.807, 2.05) is 4.90 Å². The lowest BCUT2D eigenvalue weighted by Gasteiger charge is -2.33. The first kappa shape index (κ1) is 22.4. The molecule has 0 spiro atoms. The number of hydrogen-bond acceptors (Lipinski definition) is 6. The minimum absolute atomic E-state index is 0.0566. The average Bonchev–Trinajstić information content (AvgIpc) is 2.80. The van der Waals surface area contributed by atoms with Crippen LogP contribution in [0.3, 0.4) is 0 Å². The maximum Gasteiger partial charge on any atom is 0.274 e. The predicted molar refractivity (Wildman–Crippen MR) is 121 cm³/mol. The summed E-state index contributed by atoms with van der Waals surface area (Å²) in [5.41, 5.74) is 7.81. The van der Waals surface area contributed by atoms with Crippen LogP contribution in [0.2, 0.25) is 0 Å². The van der Waals surface area contributed by atoms with Crippen molar-refractivity contribution in [3.8, 4) is 34.3 Å². The molecule has 7 nitrogen and oxygen atoms in total. The summed E-state index contributed by atoms with van der Waals surface area (Å²) in [6.45, 7) is 1.19. The number of nitriles is 1. The number of anilines is 1. The van der Waals surface area contributed by atoms with Crippen LogP contribution < -0.4 is 20.9 Å². The molecule has 1 aliphatic rings. The van der Waals surface area contributed by atoms with Crippen LogP contribution in [0.15, 0.2) is 41.3 Å². The lowest BCUT2D eigenvalue weighted by Crippen LogP contribution is -2.45. The van der Waals surface area contributed by atoms with Crippen LogP contribution in [0.5, 0.6) is 5.88 Å². The molecule has 2 aromatic heterocycles. The molecule has 33 heavy (non-hydrogen) atoms.